The van der Waals surface area contributed by atoms with Crippen molar-refractivity contribution in [2.24, 2.45) is 11.1 Å². The van der Waals surface area contributed by atoms with Crippen molar-refractivity contribution >= 4 is 5.91 Å². The van der Waals surface area contributed by atoms with Crippen LogP contribution >= 0.6 is 0 Å². The molecule has 0 aliphatic heterocycles. The van der Waals surface area contributed by atoms with Gasteiger partial charge in [0.1, 0.15) is 0 Å². The first-order chi connectivity index (χ1) is 12.6. The fraction of sp³-hybridized carbons (Fsp3) is 0.400. The van der Waals surface area contributed by atoms with E-state index in [0.717, 1.165) is 13.0 Å². The van der Waals surface area contributed by atoms with Crippen LogP contribution in [0.3, 0.4) is 0 Å². The monoisotopic (exact) mass is 377 g/mol. The van der Waals surface area contributed by atoms with E-state index in [0.29, 0.717) is 5.56 Å². The lowest BCUT2D eigenvalue weighted by Gasteiger charge is -2.21. The molecule has 0 aliphatic carbocycles. The summed E-state index contributed by atoms with van der Waals surface area (Å²) in [7, 11) is 0. The van der Waals surface area contributed by atoms with Crippen LogP contribution in [0.5, 0.6) is 11.6 Å². The number of pyridine rings is 1. The van der Waals surface area contributed by atoms with E-state index in [1.807, 2.05) is 6.92 Å². The summed E-state index contributed by atoms with van der Waals surface area (Å²) < 4.78 is 34.0. The first-order valence-corrected chi connectivity index (χ1v) is 8.73. The summed E-state index contributed by atoms with van der Waals surface area (Å²) >= 11 is 0. The molecule has 0 fully saturated rings. The molecule has 3 N–H and O–H groups in total. The normalized spacial score (nSPS) is 12.7. The quantitative estimate of drug-likeness (QED) is 0.753. The minimum absolute atomic E-state index is 0.0399. The average molecular weight is 377 g/mol. The van der Waals surface area contributed by atoms with Gasteiger partial charge in [0.25, 0.3) is 0 Å². The van der Waals surface area contributed by atoms with Gasteiger partial charge in [-0.2, -0.15) is 0 Å². The number of nitrogens with two attached hydrogens (primary N) is 1. The fourth-order valence-electron chi connectivity index (χ4n) is 2.40. The molecule has 1 unspecified atom stereocenters. The van der Waals surface area contributed by atoms with Crippen molar-refractivity contribution < 1.29 is 18.3 Å². The van der Waals surface area contributed by atoms with Crippen molar-refractivity contribution in [3.63, 3.8) is 0 Å². The topological polar surface area (TPSA) is 77.2 Å². The molecule has 0 saturated heterocycles. The first kappa shape index (κ1) is 20.8. The number of aromatic nitrogens is 1. The number of nitrogens with one attached hydrogen (secondary N) is 1. The molecule has 1 aromatic carbocycles. The van der Waals surface area contributed by atoms with E-state index in [1.165, 1.54) is 30.5 Å². The summed E-state index contributed by atoms with van der Waals surface area (Å²) in [5, 5.41) is 3.27. The molecule has 2 aromatic rings. The molecule has 0 bridgehead atoms. The molecule has 0 saturated carbocycles. The van der Waals surface area contributed by atoms with E-state index in [4.69, 9.17) is 10.5 Å². The molecule has 7 heteroatoms. The molecule has 146 valence electrons. The first-order valence-electron chi connectivity index (χ1n) is 8.73. The predicted molar refractivity (Wildman–Crippen MR) is 99.7 cm³/mol. The Hall–Kier alpha value is -2.54. The van der Waals surface area contributed by atoms with Gasteiger partial charge in [0.15, 0.2) is 11.6 Å². The minimum Gasteiger partial charge on any atom is -0.433 e. The van der Waals surface area contributed by atoms with Gasteiger partial charge in [-0.05, 0) is 49.1 Å². The highest BCUT2D eigenvalue weighted by atomic mass is 19.1. The van der Waals surface area contributed by atoms with Crippen molar-refractivity contribution in [3.05, 3.63) is 53.2 Å². The van der Waals surface area contributed by atoms with Crippen molar-refractivity contribution in [3.8, 4) is 11.6 Å². The molecular formula is C20H25F2N3O2. The predicted octanol–water partition coefficient (Wildman–Crippen LogP) is 4.34. The van der Waals surface area contributed by atoms with Gasteiger partial charge in [-0.1, -0.05) is 20.8 Å². The zero-order valence-corrected chi connectivity index (χ0v) is 16.0. The highest BCUT2D eigenvalue weighted by molar-refractivity contribution is 5.92. The van der Waals surface area contributed by atoms with Gasteiger partial charge in [-0.3, -0.25) is 4.79 Å². The van der Waals surface area contributed by atoms with Crippen LogP contribution in [0.15, 0.2) is 30.5 Å². The van der Waals surface area contributed by atoms with E-state index in [-0.39, 0.29) is 22.9 Å². The van der Waals surface area contributed by atoms with E-state index in [2.05, 4.69) is 31.1 Å². The lowest BCUT2D eigenvalue weighted by molar-refractivity contribution is 0.1000. The Bertz CT molecular complexity index is 779. The average Bonchev–Trinajstić information content (AvgIpc) is 2.57. The van der Waals surface area contributed by atoms with Crippen molar-refractivity contribution in [2.45, 2.75) is 40.2 Å². The third kappa shape index (κ3) is 5.99. The molecule has 0 radical (unpaired) electrons. The largest absolute Gasteiger partial charge is 0.433 e. The third-order valence-corrected chi connectivity index (χ3v) is 4.07. The molecular weight excluding hydrogens is 352 g/mol. The molecule has 2 rings (SSSR count). The second kappa shape index (κ2) is 8.43. The highest BCUT2D eigenvalue weighted by Gasteiger charge is 2.18. The smallest absolute Gasteiger partial charge is 0.250 e. The van der Waals surface area contributed by atoms with Gasteiger partial charge in [0, 0.05) is 18.3 Å². The molecule has 1 heterocycles. The number of halogens is 2. The summed E-state index contributed by atoms with van der Waals surface area (Å²) in [6.45, 7) is 8.99. The number of amides is 1. The third-order valence-electron chi connectivity index (χ3n) is 4.07. The maximum absolute atomic E-state index is 14.4. The fourth-order valence-corrected chi connectivity index (χ4v) is 2.40. The van der Waals surface area contributed by atoms with Gasteiger partial charge in [-0.25, -0.2) is 13.8 Å². The van der Waals surface area contributed by atoms with Crippen LogP contribution in [-0.4, -0.2) is 17.4 Å². The molecule has 1 atom stereocenters. The van der Waals surface area contributed by atoms with E-state index < -0.39 is 23.3 Å². The van der Waals surface area contributed by atoms with E-state index in [1.54, 1.807) is 0 Å². The van der Waals surface area contributed by atoms with E-state index in [9.17, 15) is 13.6 Å². The molecule has 1 aromatic heterocycles. The minimum atomic E-state index is -0.824. The Kier molecular flexibility index (Phi) is 6.49. The van der Waals surface area contributed by atoms with Crippen LogP contribution in [0, 0.1) is 17.0 Å². The van der Waals surface area contributed by atoms with Gasteiger partial charge in [-0.15, -0.1) is 0 Å². The maximum atomic E-state index is 14.4. The van der Waals surface area contributed by atoms with Crippen LogP contribution in [0.2, 0.25) is 0 Å². The van der Waals surface area contributed by atoms with Crippen LogP contribution in [-0.2, 0) is 0 Å². The maximum Gasteiger partial charge on any atom is 0.250 e. The summed E-state index contributed by atoms with van der Waals surface area (Å²) in [6, 6.07) is 4.97. The molecule has 0 spiro atoms. The molecule has 1 amide bonds. The zero-order chi connectivity index (χ0) is 20.2. The Morgan fingerprint density at radius 2 is 1.89 bits per heavy atom. The number of carbonyl (C=O) groups excluding carboxylic acids is 1. The number of nitrogens with zero attached hydrogens (tertiary/aromatic N) is 1. The number of primary amides is 1. The number of hydrogen-bond acceptors (Lipinski definition) is 4. The van der Waals surface area contributed by atoms with Gasteiger partial charge >= 0.3 is 0 Å². The molecule has 5 nitrogen and oxygen atoms in total. The number of carbonyl (C=O) groups is 1. The van der Waals surface area contributed by atoms with Crippen LogP contribution in [0.4, 0.5) is 8.78 Å². The van der Waals surface area contributed by atoms with Gasteiger partial charge in [0.05, 0.1) is 5.56 Å². The standard InChI is InChI=1S/C20H25F2N3O2/c1-12(24-8-7-20(2,3)4)14-9-15(21)18(16(22)10-14)27-17-6-5-13(11-25-17)19(23)26/h5-6,9-12,24H,7-8H2,1-4H3,(H2,23,26). The van der Waals surface area contributed by atoms with Crippen LogP contribution in [0.25, 0.3) is 0 Å². The lowest BCUT2D eigenvalue weighted by Crippen LogP contribution is -2.23. The van der Waals surface area contributed by atoms with Gasteiger partial charge < -0.3 is 15.8 Å². The van der Waals surface area contributed by atoms with Crippen LogP contribution in [0.1, 0.15) is 56.1 Å². The summed E-state index contributed by atoms with van der Waals surface area (Å²) in [5.41, 5.74) is 5.96. The Balaban J connectivity index is 2.10. The summed E-state index contributed by atoms with van der Waals surface area (Å²) in [6.07, 6.45) is 2.12. The van der Waals surface area contributed by atoms with Crippen molar-refractivity contribution in [1.82, 2.24) is 10.3 Å². The zero-order valence-electron chi connectivity index (χ0n) is 16.0. The number of rotatable bonds is 7. The Morgan fingerprint density at radius 1 is 1.26 bits per heavy atom. The SMILES string of the molecule is CC(NCCC(C)(C)C)c1cc(F)c(Oc2ccc(C(N)=O)cn2)c(F)c1. The second-order valence-corrected chi connectivity index (χ2v) is 7.65. The van der Waals surface area contributed by atoms with Crippen molar-refractivity contribution in [1.29, 1.82) is 0 Å². The van der Waals surface area contributed by atoms with Gasteiger partial charge in [0.2, 0.25) is 17.5 Å². The summed E-state index contributed by atoms with van der Waals surface area (Å²) in [5.74, 6) is -2.88. The number of benzene rings is 1. The Labute approximate surface area is 157 Å². The highest BCUT2D eigenvalue weighted by Crippen LogP contribution is 2.30. The Morgan fingerprint density at radius 3 is 2.37 bits per heavy atom. The summed E-state index contributed by atoms with van der Waals surface area (Å²) in [4.78, 5) is 14.9. The van der Waals surface area contributed by atoms with Crippen molar-refractivity contribution in [2.75, 3.05) is 6.54 Å². The molecule has 0 aliphatic rings. The number of ether oxygens (including phenoxy) is 1. The molecule has 27 heavy (non-hydrogen) atoms. The van der Waals surface area contributed by atoms with E-state index >= 15 is 0 Å². The lowest BCUT2D eigenvalue weighted by atomic mass is 9.92. The number of hydrogen-bond donors (Lipinski definition) is 2. The second-order valence-electron chi connectivity index (χ2n) is 7.65. The van der Waals surface area contributed by atoms with Crippen LogP contribution < -0.4 is 15.8 Å².